The number of imide groups is 1. The van der Waals surface area contributed by atoms with Crippen LogP contribution < -0.4 is 10.2 Å². The monoisotopic (exact) mass is 254 g/mol. The van der Waals surface area contributed by atoms with Crippen molar-refractivity contribution in [3.63, 3.8) is 0 Å². The molecule has 0 radical (unpaired) electrons. The Morgan fingerprint density at radius 1 is 0.895 bits per heavy atom. The molecule has 2 aromatic carbocycles. The smallest absolute Gasteiger partial charge is 0.297 e. The van der Waals surface area contributed by atoms with Gasteiger partial charge in [0, 0.05) is 18.3 Å². The van der Waals surface area contributed by atoms with Crippen molar-refractivity contribution in [2.24, 2.45) is 0 Å². The van der Waals surface area contributed by atoms with Gasteiger partial charge in [-0.1, -0.05) is 36.4 Å². The van der Waals surface area contributed by atoms with Crippen LogP contribution in [0.15, 0.2) is 60.7 Å². The molecule has 2 aromatic rings. The van der Waals surface area contributed by atoms with E-state index in [9.17, 15) is 9.59 Å². The quantitative estimate of drug-likeness (QED) is 0.895. The molecule has 19 heavy (non-hydrogen) atoms. The molecule has 0 fully saturated rings. The highest BCUT2D eigenvalue weighted by atomic mass is 16.2. The molecule has 0 aliphatic carbocycles. The Morgan fingerprint density at radius 2 is 1.42 bits per heavy atom. The van der Waals surface area contributed by atoms with Crippen LogP contribution in [0.4, 0.5) is 10.5 Å². The summed E-state index contributed by atoms with van der Waals surface area (Å²) in [6.45, 7) is 0. The highest BCUT2D eigenvalue weighted by Crippen LogP contribution is 2.11. The van der Waals surface area contributed by atoms with Crippen LogP contribution in [0.5, 0.6) is 0 Å². The zero-order valence-electron chi connectivity index (χ0n) is 10.5. The fourth-order valence-corrected chi connectivity index (χ4v) is 1.61. The summed E-state index contributed by atoms with van der Waals surface area (Å²) in [7, 11) is 1.61. The van der Waals surface area contributed by atoms with E-state index in [1.165, 1.54) is 4.90 Å². The molecule has 4 nitrogen and oxygen atoms in total. The molecule has 0 aliphatic heterocycles. The first-order valence-electron chi connectivity index (χ1n) is 5.87. The van der Waals surface area contributed by atoms with Crippen molar-refractivity contribution in [1.29, 1.82) is 0 Å². The number of hydrogen-bond acceptors (Lipinski definition) is 2. The van der Waals surface area contributed by atoms with Crippen molar-refractivity contribution >= 4 is 17.6 Å². The number of benzene rings is 2. The average molecular weight is 254 g/mol. The predicted octanol–water partition coefficient (Wildman–Crippen LogP) is 2.67. The zero-order chi connectivity index (χ0) is 13.7. The van der Waals surface area contributed by atoms with Gasteiger partial charge in [0.25, 0.3) is 5.91 Å². The number of amides is 3. The second-order valence-electron chi connectivity index (χ2n) is 4.02. The second-order valence-corrected chi connectivity index (χ2v) is 4.02. The van der Waals surface area contributed by atoms with E-state index < -0.39 is 11.9 Å². The maximum Gasteiger partial charge on any atom is 0.328 e. The third-order valence-electron chi connectivity index (χ3n) is 2.70. The first-order valence-corrected chi connectivity index (χ1v) is 5.87. The molecule has 0 saturated heterocycles. The number of urea groups is 1. The minimum atomic E-state index is -0.458. The van der Waals surface area contributed by atoms with E-state index in [0.717, 1.165) is 5.69 Å². The lowest BCUT2D eigenvalue weighted by atomic mass is 10.2. The van der Waals surface area contributed by atoms with Gasteiger partial charge in [0.05, 0.1) is 0 Å². The lowest BCUT2D eigenvalue weighted by molar-refractivity contribution is 0.0966. The average Bonchev–Trinajstić information content (AvgIpc) is 2.48. The van der Waals surface area contributed by atoms with Crippen LogP contribution in [0.2, 0.25) is 0 Å². The van der Waals surface area contributed by atoms with Crippen LogP contribution in [-0.4, -0.2) is 19.0 Å². The minimum Gasteiger partial charge on any atom is -0.297 e. The van der Waals surface area contributed by atoms with Gasteiger partial charge in [-0.3, -0.25) is 15.0 Å². The molecule has 4 heteroatoms. The SMILES string of the molecule is CN(C(=O)NC(=O)c1ccccc1)c1ccccc1. The normalized spacial score (nSPS) is 9.74. The summed E-state index contributed by atoms with van der Waals surface area (Å²) >= 11 is 0. The lowest BCUT2D eigenvalue weighted by Gasteiger charge is -2.17. The van der Waals surface area contributed by atoms with Gasteiger partial charge in [-0.05, 0) is 24.3 Å². The Balaban J connectivity index is 2.04. The molecule has 96 valence electrons. The van der Waals surface area contributed by atoms with Crippen molar-refractivity contribution < 1.29 is 9.59 Å². The molecule has 0 atom stereocenters. The lowest BCUT2D eigenvalue weighted by Crippen LogP contribution is -2.40. The number of rotatable bonds is 2. The molecule has 0 unspecified atom stereocenters. The van der Waals surface area contributed by atoms with Gasteiger partial charge in [-0.15, -0.1) is 0 Å². The number of carbonyl (C=O) groups excluding carboxylic acids is 2. The standard InChI is InChI=1S/C15H14N2O2/c1-17(13-10-6-3-7-11-13)15(19)16-14(18)12-8-4-2-5-9-12/h2-11H,1H3,(H,16,18,19). The Hall–Kier alpha value is -2.62. The van der Waals surface area contributed by atoms with Gasteiger partial charge in [0.15, 0.2) is 0 Å². The van der Waals surface area contributed by atoms with E-state index in [2.05, 4.69) is 5.32 Å². The van der Waals surface area contributed by atoms with Crippen molar-refractivity contribution in [3.8, 4) is 0 Å². The topological polar surface area (TPSA) is 49.4 Å². The maximum atomic E-state index is 11.9. The summed E-state index contributed by atoms with van der Waals surface area (Å²) in [6.07, 6.45) is 0. The number of nitrogens with one attached hydrogen (secondary N) is 1. The number of hydrogen-bond donors (Lipinski definition) is 1. The summed E-state index contributed by atoms with van der Waals surface area (Å²) in [5, 5.41) is 2.34. The molecule has 0 aliphatic rings. The highest BCUT2D eigenvalue weighted by molar-refractivity contribution is 6.08. The highest BCUT2D eigenvalue weighted by Gasteiger charge is 2.14. The van der Waals surface area contributed by atoms with E-state index >= 15 is 0 Å². The molecule has 0 spiro atoms. The van der Waals surface area contributed by atoms with Crippen LogP contribution in [0.25, 0.3) is 0 Å². The van der Waals surface area contributed by atoms with Gasteiger partial charge in [-0.2, -0.15) is 0 Å². The number of nitrogens with zero attached hydrogens (tertiary/aromatic N) is 1. The Labute approximate surface area is 111 Å². The molecule has 0 aromatic heterocycles. The first kappa shape index (κ1) is 12.8. The van der Waals surface area contributed by atoms with Crippen molar-refractivity contribution in [2.45, 2.75) is 0 Å². The van der Waals surface area contributed by atoms with Crippen molar-refractivity contribution in [1.82, 2.24) is 5.32 Å². The fourth-order valence-electron chi connectivity index (χ4n) is 1.61. The molecular formula is C15H14N2O2. The number of anilines is 1. The third kappa shape index (κ3) is 3.19. The van der Waals surface area contributed by atoms with Gasteiger partial charge < -0.3 is 0 Å². The fraction of sp³-hybridized carbons (Fsp3) is 0.0667. The summed E-state index contributed by atoms with van der Waals surface area (Å²) in [5.41, 5.74) is 1.18. The maximum absolute atomic E-state index is 11.9. The summed E-state index contributed by atoms with van der Waals surface area (Å²) in [4.78, 5) is 25.1. The summed E-state index contributed by atoms with van der Waals surface area (Å²) in [5.74, 6) is -0.409. The summed E-state index contributed by atoms with van der Waals surface area (Å²) in [6, 6.07) is 17.3. The van der Waals surface area contributed by atoms with E-state index in [-0.39, 0.29) is 0 Å². The third-order valence-corrected chi connectivity index (χ3v) is 2.70. The first-order chi connectivity index (χ1) is 9.18. The van der Waals surface area contributed by atoms with Crippen LogP contribution in [0, 0.1) is 0 Å². The number of para-hydroxylation sites is 1. The zero-order valence-corrected chi connectivity index (χ0v) is 10.5. The van der Waals surface area contributed by atoms with E-state index in [4.69, 9.17) is 0 Å². The van der Waals surface area contributed by atoms with E-state index in [0.29, 0.717) is 5.56 Å². The molecule has 2 rings (SSSR count). The van der Waals surface area contributed by atoms with Crippen LogP contribution in [0.1, 0.15) is 10.4 Å². The van der Waals surface area contributed by atoms with Crippen LogP contribution in [-0.2, 0) is 0 Å². The largest absolute Gasteiger partial charge is 0.328 e. The Morgan fingerprint density at radius 3 is 2.00 bits per heavy atom. The molecule has 0 heterocycles. The Bertz CT molecular complexity index is 567. The predicted molar refractivity (Wildman–Crippen MR) is 74.1 cm³/mol. The van der Waals surface area contributed by atoms with Gasteiger partial charge in [0.2, 0.25) is 0 Å². The Kier molecular flexibility index (Phi) is 3.93. The van der Waals surface area contributed by atoms with Gasteiger partial charge >= 0.3 is 6.03 Å². The van der Waals surface area contributed by atoms with Crippen molar-refractivity contribution in [2.75, 3.05) is 11.9 Å². The van der Waals surface area contributed by atoms with E-state index in [1.54, 1.807) is 43.4 Å². The van der Waals surface area contributed by atoms with Crippen LogP contribution >= 0.6 is 0 Å². The second kappa shape index (κ2) is 5.82. The van der Waals surface area contributed by atoms with Gasteiger partial charge in [0.1, 0.15) is 0 Å². The van der Waals surface area contributed by atoms with Crippen molar-refractivity contribution in [3.05, 3.63) is 66.2 Å². The minimum absolute atomic E-state index is 0.409. The molecule has 3 amide bonds. The number of carbonyl (C=O) groups is 2. The van der Waals surface area contributed by atoms with Gasteiger partial charge in [-0.25, -0.2) is 4.79 Å². The molecular weight excluding hydrogens is 240 g/mol. The van der Waals surface area contributed by atoms with E-state index in [1.807, 2.05) is 24.3 Å². The molecule has 1 N–H and O–H groups in total. The summed E-state index contributed by atoms with van der Waals surface area (Å²) < 4.78 is 0. The molecule has 0 saturated carbocycles. The molecule has 0 bridgehead atoms. The van der Waals surface area contributed by atoms with Crippen LogP contribution in [0.3, 0.4) is 0 Å².